The lowest BCUT2D eigenvalue weighted by Gasteiger charge is -2.22. The number of carbonyl (C=O) groups excluding carboxylic acids is 2. The first kappa shape index (κ1) is 19.7. The molecule has 0 heterocycles. The molecule has 0 unspecified atom stereocenters. The zero-order valence-electron chi connectivity index (χ0n) is 15.0. The molecule has 0 fully saturated rings. The summed E-state index contributed by atoms with van der Waals surface area (Å²) in [5.41, 5.74) is 2.82. The molecule has 0 aliphatic heterocycles. The zero-order valence-corrected chi connectivity index (χ0v) is 15.0. The van der Waals surface area contributed by atoms with Gasteiger partial charge in [-0.3, -0.25) is 9.59 Å². The van der Waals surface area contributed by atoms with Crippen molar-refractivity contribution in [3.05, 3.63) is 90.5 Å². The van der Waals surface area contributed by atoms with Gasteiger partial charge in [0.2, 0.25) is 11.8 Å². The first-order chi connectivity index (χ1) is 13.1. The molecule has 5 nitrogen and oxygen atoms in total. The predicted molar refractivity (Wildman–Crippen MR) is 106 cm³/mol. The number of carbonyl (C=O) groups is 2. The van der Waals surface area contributed by atoms with Crippen LogP contribution >= 0.6 is 0 Å². The maximum atomic E-state index is 12.8. The van der Waals surface area contributed by atoms with Crippen LogP contribution < -0.4 is 5.32 Å². The Balaban J connectivity index is 2.15. The van der Waals surface area contributed by atoms with Gasteiger partial charge in [-0.1, -0.05) is 43.0 Å². The average molecular weight is 359 g/mol. The summed E-state index contributed by atoms with van der Waals surface area (Å²) in [6.07, 6.45) is 3.01. The Hall–Kier alpha value is -3.65. The Bertz CT molecular complexity index is 879. The molecule has 0 bridgehead atoms. The summed E-state index contributed by atoms with van der Waals surface area (Å²) in [5, 5.41) is 11.6. The molecular weight excluding hydrogens is 338 g/mol. The molecule has 0 spiro atoms. The second-order valence-corrected chi connectivity index (χ2v) is 5.90. The van der Waals surface area contributed by atoms with Crippen LogP contribution in [0.4, 0.5) is 5.69 Å². The normalized spacial score (nSPS) is 9.74. The number of anilines is 1. The Labute approximate surface area is 159 Å². The minimum Gasteiger partial charge on any atom is -0.334 e. The highest BCUT2D eigenvalue weighted by atomic mass is 16.2. The van der Waals surface area contributed by atoms with Crippen molar-refractivity contribution < 1.29 is 9.59 Å². The van der Waals surface area contributed by atoms with E-state index in [1.807, 2.05) is 24.3 Å². The number of nitriles is 1. The molecule has 0 aromatic heterocycles. The molecule has 27 heavy (non-hydrogen) atoms. The highest BCUT2D eigenvalue weighted by molar-refractivity contribution is 5.99. The number of nitrogens with one attached hydrogen (secondary N) is 1. The molecule has 136 valence electrons. The Morgan fingerprint density at radius 1 is 1.11 bits per heavy atom. The van der Waals surface area contributed by atoms with Crippen LogP contribution in [-0.2, 0) is 22.6 Å². The van der Waals surface area contributed by atoms with Gasteiger partial charge in [-0.15, -0.1) is 6.58 Å². The second kappa shape index (κ2) is 9.73. The van der Waals surface area contributed by atoms with Crippen LogP contribution in [0.5, 0.6) is 0 Å². The zero-order chi connectivity index (χ0) is 19.6. The largest absolute Gasteiger partial charge is 0.334 e. The lowest BCUT2D eigenvalue weighted by molar-refractivity contribution is -0.130. The van der Waals surface area contributed by atoms with Crippen LogP contribution in [0.2, 0.25) is 0 Å². The standard InChI is InChI=1S/C22H21N3O2/c1-3-13-25(16-18-11-9-17(15-23)10-12-18)22(27)14-19-7-5-6-8-20(19)24-21(26)4-2/h3-12H,1-2,13-14,16H2,(H,24,26). The van der Waals surface area contributed by atoms with Crippen molar-refractivity contribution in [2.24, 2.45) is 0 Å². The molecule has 0 atom stereocenters. The highest BCUT2D eigenvalue weighted by Gasteiger charge is 2.16. The van der Waals surface area contributed by atoms with Crippen molar-refractivity contribution in [2.45, 2.75) is 13.0 Å². The van der Waals surface area contributed by atoms with Gasteiger partial charge in [0.1, 0.15) is 0 Å². The van der Waals surface area contributed by atoms with Crippen molar-refractivity contribution in [1.29, 1.82) is 5.26 Å². The number of hydrogen-bond donors (Lipinski definition) is 1. The van der Waals surface area contributed by atoms with Crippen molar-refractivity contribution >= 4 is 17.5 Å². The Kier molecular flexibility index (Phi) is 7.09. The molecular formula is C22H21N3O2. The van der Waals surface area contributed by atoms with E-state index in [-0.39, 0.29) is 18.2 Å². The highest BCUT2D eigenvalue weighted by Crippen LogP contribution is 2.17. The van der Waals surface area contributed by atoms with E-state index in [2.05, 4.69) is 24.5 Å². The summed E-state index contributed by atoms with van der Waals surface area (Å²) in [6.45, 7) is 7.98. The Morgan fingerprint density at radius 2 is 1.81 bits per heavy atom. The van der Waals surface area contributed by atoms with Gasteiger partial charge in [0, 0.05) is 18.8 Å². The summed E-state index contributed by atoms with van der Waals surface area (Å²) in [6, 6.07) is 16.4. The molecule has 2 aromatic rings. The van der Waals surface area contributed by atoms with Gasteiger partial charge in [-0.2, -0.15) is 5.26 Å². The third-order valence-electron chi connectivity index (χ3n) is 3.96. The van der Waals surface area contributed by atoms with Crippen molar-refractivity contribution in [1.82, 2.24) is 4.90 Å². The third-order valence-corrected chi connectivity index (χ3v) is 3.96. The number of rotatable bonds is 8. The Morgan fingerprint density at radius 3 is 2.44 bits per heavy atom. The molecule has 1 N–H and O–H groups in total. The summed E-state index contributed by atoms with van der Waals surface area (Å²) >= 11 is 0. The average Bonchev–Trinajstić information content (AvgIpc) is 2.69. The maximum absolute atomic E-state index is 12.8. The van der Waals surface area contributed by atoms with E-state index in [9.17, 15) is 9.59 Å². The number of benzene rings is 2. The third kappa shape index (κ3) is 5.68. The molecule has 0 aliphatic carbocycles. The number of hydrogen-bond acceptors (Lipinski definition) is 3. The van der Waals surface area contributed by atoms with E-state index in [0.717, 1.165) is 11.1 Å². The van der Waals surface area contributed by atoms with Gasteiger partial charge in [0.25, 0.3) is 0 Å². The monoisotopic (exact) mass is 359 g/mol. The second-order valence-electron chi connectivity index (χ2n) is 5.90. The smallest absolute Gasteiger partial charge is 0.247 e. The van der Waals surface area contributed by atoms with E-state index < -0.39 is 0 Å². The van der Waals surface area contributed by atoms with Crippen LogP contribution in [0.25, 0.3) is 0 Å². The van der Waals surface area contributed by atoms with E-state index in [1.165, 1.54) is 6.08 Å². The minimum atomic E-state index is -0.324. The fourth-order valence-electron chi connectivity index (χ4n) is 2.57. The number of para-hydroxylation sites is 1. The summed E-state index contributed by atoms with van der Waals surface area (Å²) in [7, 11) is 0. The fourth-order valence-corrected chi connectivity index (χ4v) is 2.57. The first-order valence-corrected chi connectivity index (χ1v) is 8.46. The van der Waals surface area contributed by atoms with Crippen molar-refractivity contribution in [2.75, 3.05) is 11.9 Å². The van der Waals surface area contributed by atoms with E-state index >= 15 is 0 Å². The lowest BCUT2D eigenvalue weighted by Crippen LogP contribution is -2.32. The predicted octanol–water partition coefficient (Wildman–Crippen LogP) is 3.44. The van der Waals surface area contributed by atoms with E-state index in [1.54, 1.807) is 35.2 Å². The molecule has 2 amide bonds. The maximum Gasteiger partial charge on any atom is 0.247 e. The lowest BCUT2D eigenvalue weighted by atomic mass is 10.1. The van der Waals surface area contributed by atoms with Gasteiger partial charge in [0.15, 0.2) is 0 Å². The summed E-state index contributed by atoms with van der Waals surface area (Å²) < 4.78 is 0. The first-order valence-electron chi connectivity index (χ1n) is 8.46. The number of amides is 2. The van der Waals surface area contributed by atoms with Crippen molar-refractivity contribution in [3.63, 3.8) is 0 Å². The van der Waals surface area contributed by atoms with Gasteiger partial charge >= 0.3 is 0 Å². The summed E-state index contributed by atoms with van der Waals surface area (Å²) in [5.74, 6) is -0.407. The van der Waals surface area contributed by atoms with Crippen LogP contribution in [0.15, 0.2) is 73.8 Å². The van der Waals surface area contributed by atoms with E-state index in [0.29, 0.717) is 24.3 Å². The molecule has 2 aromatic carbocycles. The molecule has 5 heteroatoms. The molecule has 0 aliphatic rings. The summed E-state index contributed by atoms with van der Waals surface area (Å²) in [4.78, 5) is 26.1. The SMILES string of the molecule is C=CCN(Cc1ccc(C#N)cc1)C(=O)Cc1ccccc1NC(=O)C=C. The van der Waals surface area contributed by atoms with Crippen LogP contribution in [-0.4, -0.2) is 23.3 Å². The van der Waals surface area contributed by atoms with Crippen LogP contribution in [0, 0.1) is 11.3 Å². The molecule has 2 rings (SSSR count). The quantitative estimate of drug-likeness (QED) is 0.580. The van der Waals surface area contributed by atoms with Gasteiger partial charge in [0.05, 0.1) is 18.1 Å². The minimum absolute atomic E-state index is 0.0837. The fraction of sp³-hybridized carbons (Fsp3) is 0.136. The van der Waals surface area contributed by atoms with Crippen LogP contribution in [0.3, 0.4) is 0 Å². The number of nitrogens with zero attached hydrogens (tertiary/aromatic N) is 2. The van der Waals surface area contributed by atoms with Gasteiger partial charge in [-0.25, -0.2) is 0 Å². The molecule has 0 saturated heterocycles. The van der Waals surface area contributed by atoms with Crippen molar-refractivity contribution in [3.8, 4) is 6.07 Å². The van der Waals surface area contributed by atoms with Gasteiger partial charge in [-0.05, 0) is 35.4 Å². The topological polar surface area (TPSA) is 73.2 Å². The van der Waals surface area contributed by atoms with Crippen LogP contribution in [0.1, 0.15) is 16.7 Å². The molecule has 0 radical (unpaired) electrons. The van der Waals surface area contributed by atoms with E-state index in [4.69, 9.17) is 5.26 Å². The molecule has 0 saturated carbocycles. The van der Waals surface area contributed by atoms with Gasteiger partial charge < -0.3 is 10.2 Å².